The highest BCUT2D eigenvalue weighted by Gasteiger charge is 2.41. The number of anilines is 1. The smallest absolute Gasteiger partial charge is 0.363 e. The zero-order chi connectivity index (χ0) is 26.5. The first-order valence-corrected chi connectivity index (χ1v) is 12.8. The third kappa shape index (κ3) is 4.27. The van der Waals surface area contributed by atoms with E-state index in [1.807, 2.05) is 0 Å². The Morgan fingerprint density at radius 1 is 1.14 bits per heavy atom. The van der Waals surface area contributed by atoms with E-state index < -0.39 is 11.7 Å². The van der Waals surface area contributed by atoms with Gasteiger partial charge in [0.25, 0.3) is 5.56 Å². The normalized spacial score (nSPS) is 20.8. The summed E-state index contributed by atoms with van der Waals surface area (Å²) in [6.45, 7) is 5.62. The van der Waals surface area contributed by atoms with Crippen LogP contribution < -0.4 is 10.5 Å². The molecule has 0 amide bonds. The van der Waals surface area contributed by atoms with Crippen LogP contribution in [0.4, 0.5) is 18.9 Å². The molecule has 1 fully saturated rings. The maximum atomic E-state index is 13.3. The van der Waals surface area contributed by atoms with Crippen LogP contribution in [-0.4, -0.2) is 39.6 Å². The van der Waals surface area contributed by atoms with Gasteiger partial charge in [-0.15, -0.1) is 0 Å². The van der Waals surface area contributed by atoms with Gasteiger partial charge in [-0.2, -0.15) is 18.4 Å². The van der Waals surface area contributed by atoms with E-state index in [2.05, 4.69) is 34.7 Å². The third-order valence-electron chi connectivity index (χ3n) is 8.06. The number of pyridine rings is 2. The number of piperazine rings is 1. The molecule has 1 saturated heterocycles. The molecular weight excluding hydrogens is 479 g/mol. The van der Waals surface area contributed by atoms with Gasteiger partial charge in [-0.1, -0.05) is 26.0 Å². The van der Waals surface area contributed by atoms with Crippen LogP contribution in [0.2, 0.25) is 0 Å². The molecule has 3 aromatic rings. The number of alkyl halides is 3. The molecule has 4 heterocycles. The van der Waals surface area contributed by atoms with Gasteiger partial charge in [-0.25, -0.2) is 4.98 Å². The lowest BCUT2D eigenvalue weighted by Crippen LogP contribution is -2.60. The van der Waals surface area contributed by atoms with Gasteiger partial charge >= 0.3 is 6.18 Å². The van der Waals surface area contributed by atoms with Crippen LogP contribution in [0.5, 0.6) is 0 Å². The Balaban J connectivity index is 1.53. The summed E-state index contributed by atoms with van der Waals surface area (Å²) < 4.78 is 41.0. The van der Waals surface area contributed by atoms with Crippen LogP contribution in [0.25, 0.3) is 11.0 Å². The van der Waals surface area contributed by atoms with Crippen molar-refractivity contribution < 1.29 is 13.2 Å². The number of rotatable bonds is 4. The van der Waals surface area contributed by atoms with Crippen molar-refractivity contribution >= 4 is 16.7 Å². The van der Waals surface area contributed by atoms with E-state index in [1.165, 1.54) is 12.1 Å². The minimum Gasteiger partial charge on any atom is -0.363 e. The van der Waals surface area contributed by atoms with Crippen molar-refractivity contribution in [1.82, 2.24) is 14.5 Å². The minimum absolute atomic E-state index is 0.000478. The molecule has 0 N–H and O–H groups in total. The lowest BCUT2D eigenvalue weighted by molar-refractivity contribution is -0.137. The third-order valence-corrected chi connectivity index (χ3v) is 8.06. The number of nitriles is 1. The Morgan fingerprint density at radius 2 is 1.86 bits per heavy atom. The van der Waals surface area contributed by atoms with Gasteiger partial charge in [-0.3, -0.25) is 9.69 Å². The van der Waals surface area contributed by atoms with Crippen molar-refractivity contribution in [2.24, 2.45) is 7.05 Å². The number of nitrogens with zero attached hydrogens (tertiary/aromatic N) is 5. The molecule has 2 aliphatic heterocycles. The number of hydrogen-bond donors (Lipinski definition) is 0. The van der Waals surface area contributed by atoms with Crippen LogP contribution in [-0.2, 0) is 19.6 Å². The number of fused-ring (bicyclic) bond motifs is 5. The summed E-state index contributed by atoms with van der Waals surface area (Å²) in [6.07, 6.45) is -1.29. The van der Waals surface area contributed by atoms with E-state index in [4.69, 9.17) is 0 Å². The first-order valence-electron chi connectivity index (χ1n) is 12.8. The molecule has 6 nitrogen and oxygen atoms in total. The predicted octanol–water partition coefficient (Wildman–Crippen LogP) is 5.19. The van der Waals surface area contributed by atoms with Crippen molar-refractivity contribution in [2.75, 3.05) is 18.0 Å². The summed E-state index contributed by atoms with van der Waals surface area (Å²) in [5, 5.41) is 9.47. The Kier molecular flexibility index (Phi) is 6.48. The lowest BCUT2D eigenvalue weighted by atomic mass is 9.89. The zero-order valence-electron chi connectivity index (χ0n) is 21.2. The van der Waals surface area contributed by atoms with E-state index in [0.29, 0.717) is 29.7 Å². The highest BCUT2D eigenvalue weighted by atomic mass is 19.4. The number of aryl methyl sites for hydroxylation is 1. The van der Waals surface area contributed by atoms with E-state index in [0.717, 1.165) is 42.6 Å². The monoisotopic (exact) mass is 509 g/mol. The molecule has 9 heteroatoms. The molecular formula is C28H30F3N5O. The van der Waals surface area contributed by atoms with Crippen molar-refractivity contribution in [3.63, 3.8) is 0 Å². The molecule has 1 aromatic carbocycles. The lowest BCUT2D eigenvalue weighted by Gasteiger charge is -2.52. The van der Waals surface area contributed by atoms with Crippen molar-refractivity contribution in [3.8, 4) is 6.07 Å². The molecule has 2 aromatic heterocycles. The highest BCUT2D eigenvalue weighted by molar-refractivity contribution is 5.91. The fourth-order valence-corrected chi connectivity index (χ4v) is 6.15. The quantitative estimate of drug-likeness (QED) is 0.484. The first-order chi connectivity index (χ1) is 17.7. The SMILES string of the molecule is CC[C@@H]1CN2c3c(c(=O)n(C)c4ccc(C#N)nc34)CC[C@@H]2CN1[C@@H](CC)c1ccc(C(F)(F)F)cc1. The number of aromatic nitrogens is 2. The van der Waals surface area contributed by atoms with Gasteiger partial charge in [-0.05, 0) is 55.5 Å². The molecule has 5 rings (SSSR count). The van der Waals surface area contributed by atoms with Crippen molar-refractivity contribution in [1.29, 1.82) is 5.26 Å². The van der Waals surface area contributed by atoms with Crippen LogP contribution in [0.1, 0.15) is 61.5 Å². The summed E-state index contributed by atoms with van der Waals surface area (Å²) in [7, 11) is 1.74. The molecule has 0 spiro atoms. The summed E-state index contributed by atoms with van der Waals surface area (Å²) in [4.78, 5) is 22.6. The van der Waals surface area contributed by atoms with Gasteiger partial charge in [0, 0.05) is 43.8 Å². The van der Waals surface area contributed by atoms with Crippen molar-refractivity contribution in [3.05, 3.63) is 69.1 Å². The summed E-state index contributed by atoms with van der Waals surface area (Å²) in [5.74, 6) is 0. The van der Waals surface area contributed by atoms with Gasteiger partial charge in [0.1, 0.15) is 17.3 Å². The van der Waals surface area contributed by atoms with Gasteiger partial charge in [0.2, 0.25) is 0 Å². The first kappa shape index (κ1) is 25.3. The van der Waals surface area contributed by atoms with Crippen LogP contribution in [0.15, 0.2) is 41.2 Å². The molecule has 2 aliphatic rings. The number of hydrogen-bond acceptors (Lipinski definition) is 5. The fourth-order valence-electron chi connectivity index (χ4n) is 6.15. The largest absolute Gasteiger partial charge is 0.416 e. The Hall–Kier alpha value is -3.38. The molecule has 194 valence electrons. The molecule has 0 unspecified atom stereocenters. The second-order valence-electron chi connectivity index (χ2n) is 10.0. The highest BCUT2D eigenvalue weighted by Crippen LogP contribution is 2.40. The predicted molar refractivity (Wildman–Crippen MR) is 136 cm³/mol. The Morgan fingerprint density at radius 3 is 2.49 bits per heavy atom. The van der Waals surface area contributed by atoms with Crippen LogP contribution in [0, 0.1) is 11.3 Å². The van der Waals surface area contributed by atoms with E-state index in [1.54, 1.807) is 35.9 Å². The second-order valence-corrected chi connectivity index (χ2v) is 10.0. The summed E-state index contributed by atoms with van der Waals surface area (Å²) in [6, 6.07) is 11.4. The topological polar surface area (TPSA) is 65.2 Å². The molecule has 0 aliphatic carbocycles. The maximum Gasteiger partial charge on any atom is 0.416 e. The maximum absolute atomic E-state index is 13.3. The van der Waals surface area contributed by atoms with Gasteiger partial charge in [0.05, 0.1) is 16.8 Å². The molecule has 3 atom stereocenters. The van der Waals surface area contributed by atoms with Crippen molar-refractivity contribution in [2.45, 2.75) is 63.8 Å². The molecule has 0 radical (unpaired) electrons. The van der Waals surface area contributed by atoms with E-state index >= 15 is 0 Å². The average Bonchev–Trinajstić information content (AvgIpc) is 2.90. The zero-order valence-corrected chi connectivity index (χ0v) is 21.2. The minimum atomic E-state index is -4.35. The Bertz CT molecular complexity index is 1420. The van der Waals surface area contributed by atoms with Gasteiger partial charge in [0.15, 0.2) is 0 Å². The van der Waals surface area contributed by atoms with Crippen LogP contribution in [0.3, 0.4) is 0 Å². The van der Waals surface area contributed by atoms with E-state index in [9.17, 15) is 23.2 Å². The number of halogens is 3. The van der Waals surface area contributed by atoms with E-state index in [-0.39, 0.29) is 23.7 Å². The molecule has 37 heavy (non-hydrogen) atoms. The fraction of sp³-hybridized carbons (Fsp3) is 0.464. The summed E-state index contributed by atoms with van der Waals surface area (Å²) >= 11 is 0. The van der Waals surface area contributed by atoms with Crippen LogP contribution >= 0.6 is 0 Å². The Labute approximate surface area is 213 Å². The molecule has 0 saturated carbocycles. The summed E-state index contributed by atoms with van der Waals surface area (Å²) in [5.41, 5.74) is 3.50. The second kappa shape index (κ2) is 9.49. The molecule has 0 bridgehead atoms. The standard InChI is InChI=1S/C28H30F3N5O/c1-4-20-15-36-21(16-35(20)23(5-2)17-6-8-18(9-7-17)28(29,30)31)11-12-22-26(36)25-24(34(3)27(22)37)13-10-19(14-32)33-25/h6-10,13,20-21,23H,4-5,11-12,15-16H2,1-3H3/t20-,21-,23+/m1/s1. The van der Waals surface area contributed by atoms with Gasteiger partial charge < -0.3 is 9.47 Å². The average molecular weight is 510 g/mol. The number of benzene rings is 1.